The van der Waals surface area contributed by atoms with E-state index in [-0.39, 0.29) is 16.2 Å². The van der Waals surface area contributed by atoms with E-state index in [1.54, 1.807) is 0 Å². The average Bonchev–Trinajstić information content (AvgIpc) is 2.72. The second kappa shape index (κ2) is 3.77. The average molecular weight is 249 g/mol. The van der Waals surface area contributed by atoms with E-state index in [1.165, 1.54) is 11.1 Å². The first-order valence-corrected chi connectivity index (χ1v) is 6.62. The van der Waals surface area contributed by atoms with Crippen molar-refractivity contribution in [3.05, 3.63) is 21.6 Å². The Morgan fingerprint density at radius 3 is 1.33 bits per heavy atom. The fourth-order valence-electron chi connectivity index (χ4n) is 3.17. The Hall–Kier alpha value is -0.950. The fourth-order valence-corrected chi connectivity index (χ4v) is 3.17. The predicted molar refractivity (Wildman–Crippen MR) is 77.3 cm³/mol. The predicted octanol–water partition coefficient (Wildman–Crippen LogP) is 5.48. The van der Waals surface area contributed by atoms with Crippen LogP contribution in [-0.2, 0) is 0 Å². The van der Waals surface area contributed by atoms with Crippen molar-refractivity contribution in [3.8, 4) is 0 Å². The highest BCUT2D eigenvalue weighted by Gasteiger charge is 2.65. The standard InChI is InChI=1S/C15H27N3/c1-12(2,3)10-11(13(4,5)6)15(10,17-18-16)14(7,8)9/h1-9H3. The van der Waals surface area contributed by atoms with E-state index in [2.05, 4.69) is 72.3 Å². The minimum atomic E-state index is -0.418. The highest BCUT2D eigenvalue weighted by Crippen LogP contribution is 2.68. The van der Waals surface area contributed by atoms with Crippen molar-refractivity contribution in [3.63, 3.8) is 0 Å². The summed E-state index contributed by atoms with van der Waals surface area (Å²) in [5, 5.41) is 4.24. The van der Waals surface area contributed by atoms with Gasteiger partial charge >= 0.3 is 0 Å². The summed E-state index contributed by atoms with van der Waals surface area (Å²) in [7, 11) is 0. The smallest absolute Gasteiger partial charge is 0.0779 e. The van der Waals surface area contributed by atoms with Crippen molar-refractivity contribution in [2.24, 2.45) is 21.4 Å². The van der Waals surface area contributed by atoms with Gasteiger partial charge in [0, 0.05) is 4.91 Å². The van der Waals surface area contributed by atoms with Crippen LogP contribution in [-0.4, -0.2) is 5.54 Å². The van der Waals surface area contributed by atoms with Gasteiger partial charge in [-0.1, -0.05) is 67.4 Å². The number of azide groups is 1. The number of hydrogen-bond donors (Lipinski definition) is 0. The first kappa shape index (κ1) is 15.1. The molecule has 0 heterocycles. The topological polar surface area (TPSA) is 48.8 Å². The van der Waals surface area contributed by atoms with E-state index in [0.29, 0.717) is 0 Å². The molecule has 0 fully saturated rings. The SMILES string of the molecule is CC(C)(C)C1=C(C(C)(C)C)C1(N=[N+]=[N-])C(C)(C)C. The fraction of sp³-hybridized carbons (Fsp3) is 0.867. The molecule has 0 amide bonds. The zero-order valence-electron chi connectivity index (χ0n) is 13.3. The minimum Gasteiger partial charge on any atom is -0.0779 e. The molecule has 0 aromatic carbocycles. The van der Waals surface area contributed by atoms with Crippen LogP contribution in [0.2, 0.25) is 0 Å². The molecule has 1 aliphatic rings. The van der Waals surface area contributed by atoms with Crippen molar-refractivity contribution in [1.82, 2.24) is 0 Å². The zero-order valence-corrected chi connectivity index (χ0v) is 13.3. The van der Waals surface area contributed by atoms with Crippen LogP contribution in [0.1, 0.15) is 62.3 Å². The lowest BCUT2D eigenvalue weighted by Gasteiger charge is -2.35. The van der Waals surface area contributed by atoms with Crippen LogP contribution in [0.4, 0.5) is 0 Å². The summed E-state index contributed by atoms with van der Waals surface area (Å²) in [5.41, 5.74) is 11.3. The monoisotopic (exact) mass is 249 g/mol. The highest BCUT2D eigenvalue weighted by atomic mass is 15.2. The van der Waals surface area contributed by atoms with Gasteiger partial charge in [0.25, 0.3) is 0 Å². The molecule has 0 aromatic heterocycles. The van der Waals surface area contributed by atoms with Crippen LogP contribution in [0.5, 0.6) is 0 Å². The van der Waals surface area contributed by atoms with Crippen LogP contribution in [0, 0.1) is 16.2 Å². The maximum atomic E-state index is 9.00. The maximum absolute atomic E-state index is 9.00. The Labute approximate surface area is 111 Å². The molecule has 0 atom stereocenters. The molecule has 0 saturated heterocycles. The molecular weight excluding hydrogens is 222 g/mol. The molecule has 0 unspecified atom stereocenters. The van der Waals surface area contributed by atoms with Crippen LogP contribution < -0.4 is 0 Å². The van der Waals surface area contributed by atoms with Gasteiger partial charge in [0.1, 0.15) is 0 Å². The Morgan fingerprint density at radius 1 is 0.833 bits per heavy atom. The van der Waals surface area contributed by atoms with Crippen molar-refractivity contribution in [2.75, 3.05) is 0 Å². The minimum absolute atomic E-state index is 0.0457. The Kier molecular flexibility index (Phi) is 3.17. The second-order valence-electron chi connectivity index (χ2n) is 8.40. The number of rotatable bonds is 1. The first-order chi connectivity index (χ1) is 7.80. The van der Waals surface area contributed by atoms with Gasteiger partial charge in [0.05, 0.1) is 5.54 Å². The molecule has 0 N–H and O–H groups in total. The third kappa shape index (κ3) is 2.05. The zero-order chi connectivity index (χ0) is 14.6. The molecule has 0 spiro atoms. The van der Waals surface area contributed by atoms with Crippen LogP contribution in [0.25, 0.3) is 10.4 Å². The van der Waals surface area contributed by atoms with E-state index < -0.39 is 5.54 Å². The van der Waals surface area contributed by atoms with E-state index in [0.717, 1.165) is 0 Å². The normalized spacial score (nSPS) is 19.6. The molecule has 1 aliphatic carbocycles. The van der Waals surface area contributed by atoms with Crippen molar-refractivity contribution in [1.29, 1.82) is 0 Å². The van der Waals surface area contributed by atoms with Gasteiger partial charge in [-0.15, -0.1) is 0 Å². The molecule has 0 radical (unpaired) electrons. The first-order valence-electron chi connectivity index (χ1n) is 6.62. The van der Waals surface area contributed by atoms with Crippen LogP contribution in [0.15, 0.2) is 16.3 Å². The molecular formula is C15H27N3. The molecule has 102 valence electrons. The van der Waals surface area contributed by atoms with Crippen molar-refractivity contribution < 1.29 is 0 Å². The third-order valence-electron chi connectivity index (χ3n) is 3.69. The molecule has 0 aliphatic heterocycles. The summed E-state index contributed by atoms with van der Waals surface area (Å²) >= 11 is 0. The molecule has 18 heavy (non-hydrogen) atoms. The van der Waals surface area contributed by atoms with E-state index in [1.807, 2.05) is 0 Å². The van der Waals surface area contributed by atoms with Crippen LogP contribution >= 0.6 is 0 Å². The lowest BCUT2D eigenvalue weighted by Crippen LogP contribution is -2.35. The quantitative estimate of drug-likeness (QED) is 0.255. The summed E-state index contributed by atoms with van der Waals surface area (Å²) in [5.74, 6) is 0. The Morgan fingerprint density at radius 2 is 1.17 bits per heavy atom. The molecule has 3 nitrogen and oxygen atoms in total. The lowest BCUT2D eigenvalue weighted by atomic mass is 9.73. The van der Waals surface area contributed by atoms with Crippen LogP contribution in [0.3, 0.4) is 0 Å². The van der Waals surface area contributed by atoms with E-state index in [9.17, 15) is 0 Å². The Balaban J connectivity index is 3.49. The summed E-state index contributed by atoms with van der Waals surface area (Å²) in [6, 6.07) is 0. The maximum Gasteiger partial charge on any atom is 0.0971 e. The lowest BCUT2D eigenvalue weighted by molar-refractivity contribution is 0.272. The van der Waals surface area contributed by atoms with Gasteiger partial charge in [0.15, 0.2) is 0 Å². The van der Waals surface area contributed by atoms with Gasteiger partial charge in [0.2, 0.25) is 0 Å². The van der Waals surface area contributed by atoms with Gasteiger partial charge < -0.3 is 0 Å². The summed E-state index contributed by atoms with van der Waals surface area (Å²) in [4.78, 5) is 3.15. The van der Waals surface area contributed by atoms with Crippen molar-refractivity contribution >= 4 is 0 Å². The van der Waals surface area contributed by atoms with Crippen molar-refractivity contribution in [2.45, 2.75) is 67.9 Å². The van der Waals surface area contributed by atoms with Gasteiger partial charge in [-0.3, -0.25) is 0 Å². The third-order valence-corrected chi connectivity index (χ3v) is 3.69. The molecule has 0 aromatic rings. The van der Waals surface area contributed by atoms with E-state index >= 15 is 0 Å². The number of nitrogens with zero attached hydrogens (tertiary/aromatic N) is 3. The van der Waals surface area contributed by atoms with E-state index in [4.69, 9.17) is 5.53 Å². The van der Waals surface area contributed by atoms with Gasteiger partial charge in [-0.2, -0.15) is 0 Å². The summed E-state index contributed by atoms with van der Waals surface area (Å²) in [6.45, 7) is 19.7. The summed E-state index contributed by atoms with van der Waals surface area (Å²) < 4.78 is 0. The number of hydrogen-bond acceptors (Lipinski definition) is 1. The summed E-state index contributed by atoms with van der Waals surface area (Å²) in [6.07, 6.45) is 0. The highest BCUT2D eigenvalue weighted by molar-refractivity contribution is 5.63. The van der Waals surface area contributed by atoms with Gasteiger partial charge in [-0.25, -0.2) is 0 Å². The largest absolute Gasteiger partial charge is 0.0971 e. The molecule has 0 saturated carbocycles. The molecule has 3 heteroatoms. The Bertz CT molecular complexity index is 406. The molecule has 1 rings (SSSR count). The molecule has 0 bridgehead atoms. The second-order valence-corrected chi connectivity index (χ2v) is 8.40. The van der Waals surface area contributed by atoms with Gasteiger partial charge in [-0.05, 0) is 32.9 Å².